The quantitative estimate of drug-likeness (QED) is 0.540. The summed E-state index contributed by atoms with van der Waals surface area (Å²) < 4.78 is 21.5. The Balaban J connectivity index is 1.77. The Labute approximate surface area is 172 Å². The summed E-state index contributed by atoms with van der Waals surface area (Å²) in [7, 11) is 1.70. The standard InChI is InChI=1S/C21H23FN4O4/c1-3-4-11-30-18-17(24-21-25(2)9-10-26(21)20(18)29)19(28)23-13-16(27)12-14-5-7-15(22)8-6-14/h5-10H,3-4,11-13H2,1-2H3,(H,23,28). The van der Waals surface area contributed by atoms with Crippen molar-refractivity contribution in [3.8, 4) is 5.75 Å². The molecular weight excluding hydrogens is 391 g/mol. The van der Waals surface area contributed by atoms with Crippen molar-refractivity contribution in [2.45, 2.75) is 26.2 Å². The molecule has 0 aliphatic rings. The molecule has 0 radical (unpaired) electrons. The number of aromatic nitrogens is 3. The fourth-order valence-electron chi connectivity index (χ4n) is 2.88. The van der Waals surface area contributed by atoms with Crippen molar-refractivity contribution in [1.29, 1.82) is 0 Å². The molecule has 0 saturated heterocycles. The fraction of sp³-hybridized carbons (Fsp3) is 0.333. The highest BCUT2D eigenvalue weighted by atomic mass is 19.1. The molecular formula is C21H23FN4O4. The zero-order valence-electron chi connectivity index (χ0n) is 16.9. The Morgan fingerprint density at radius 2 is 1.93 bits per heavy atom. The normalized spacial score (nSPS) is 10.9. The van der Waals surface area contributed by atoms with Gasteiger partial charge in [-0.25, -0.2) is 13.8 Å². The van der Waals surface area contributed by atoms with Crippen molar-refractivity contribution in [2.75, 3.05) is 13.2 Å². The summed E-state index contributed by atoms with van der Waals surface area (Å²) in [6, 6.07) is 5.57. The van der Waals surface area contributed by atoms with Crippen molar-refractivity contribution < 1.29 is 18.7 Å². The molecule has 0 spiro atoms. The first-order chi connectivity index (χ1) is 14.4. The highest BCUT2D eigenvalue weighted by molar-refractivity contribution is 5.97. The van der Waals surface area contributed by atoms with Crippen LogP contribution in [0.25, 0.3) is 5.78 Å². The molecule has 0 aliphatic carbocycles. The summed E-state index contributed by atoms with van der Waals surface area (Å²) in [4.78, 5) is 42.0. The van der Waals surface area contributed by atoms with Crippen LogP contribution in [0.5, 0.6) is 5.75 Å². The second kappa shape index (κ2) is 9.34. The highest BCUT2D eigenvalue weighted by Gasteiger charge is 2.22. The van der Waals surface area contributed by atoms with E-state index in [9.17, 15) is 18.8 Å². The van der Waals surface area contributed by atoms with Crippen molar-refractivity contribution in [2.24, 2.45) is 7.05 Å². The predicted molar refractivity (Wildman–Crippen MR) is 108 cm³/mol. The van der Waals surface area contributed by atoms with E-state index in [0.29, 0.717) is 12.0 Å². The molecule has 0 aliphatic heterocycles. The van der Waals surface area contributed by atoms with Gasteiger partial charge in [0.1, 0.15) is 5.82 Å². The number of fused-ring (bicyclic) bond motifs is 1. The molecule has 0 bridgehead atoms. The first-order valence-corrected chi connectivity index (χ1v) is 9.65. The van der Waals surface area contributed by atoms with Crippen molar-refractivity contribution in [3.63, 3.8) is 0 Å². The number of amides is 1. The number of hydrogen-bond acceptors (Lipinski definition) is 5. The lowest BCUT2D eigenvalue weighted by atomic mass is 10.1. The summed E-state index contributed by atoms with van der Waals surface area (Å²) in [5.74, 6) is -1.18. The number of ether oxygens (including phenoxy) is 1. The van der Waals surface area contributed by atoms with Crippen LogP contribution in [0.3, 0.4) is 0 Å². The molecule has 0 fully saturated rings. The molecule has 158 valence electrons. The second-order valence-electron chi connectivity index (χ2n) is 6.90. The van der Waals surface area contributed by atoms with E-state index >= 15 is 0 Å². The zero-order valence-corrected chi connectivity index (χ0v) is 16.9. The number of carbonyl (C=O) groups excluding carboxylic acids is 2. The summed E-state index contributed by atoms with van der Waals surface area (Å²) >= 11 is 0. The molecule has 0 unspecified atom stereocenters. The first kappa shape index (κ1) is 21.2. The Hall–Kier alpha value is -3.49. The third kappa shape index (κ3) is 4.73. The van der Waals surface area contributed by atoms with E-state index in [4.69, 9.17) is 4.74 Å². The minimum atomic E-state index is -0.672. The van der Waals surface area contributed by atoms with E-state index in [1.165, 1.54) is 28.7 Å². The van der Waals surface area contributed by atoms with E-state index in [0.717, 1.165) is 6.42 Å². The molecule has 1 amide bonds. The van der Waals surface area contributed by atoms with E-state index < -0.39 is 11.5 Å². The predicted octanol–water partition coefficient (Wildman–Crippen LogP) is 1.89. The van der Waals surface area contributed by atoms with Gasteiger partial charge < -0.3 is 14.6 Å². The third-order valence-electron chi connectivity index (χ3n) is 4.53. The Morgan fingerprint density at radius 1 is 1.20 bits per heavy atom. The average Bonchev–Trinajstić information content (AvgIpc) is 3.10. The lowest BCUT2D eigenvalue weighted by Gasteiger charge is -2.11. The number of imidazole rings is 1. The molecule has 3 rings (SSSR count). The number of hydrogen-bond donors (Lipinski definition) is 1. The third-order valence-corrected chi connectivity index (χ3v) is 4.53. The molecule has 0 atom stereocenters. The van der Waals surface area contributed by atoms with Crippen LogP contribution in [0, 0.1) is 5.82 Å². The zero-order chi connectivity index (χ0) is 21.7. The van der Waals surface area contributed by atoms with Gasteiger partial charge >= 0.3 is 5.56 Å². The number of carbonyl (C=O) groups is 2. The van der Waals surface area contributed by atoms with Gasteiger partial charge in [-0.1, -0.05) is 25.5 Å². The van der Waals surface area contributed by atoms with Crippen LogP contribution < -0.4 is 15.6 Å². The Bertz CT molecular complexity index is 1120. The summed E-state index contributed by atoms with van der Waals surface area (Å²) in [6.07, 6.45) is 4.82. The minimum Gasteiger partial charge on any atom is -0.486 e. The number of Topliss-reactive ketones (excluding diaryl/α,β-unsaturated/α-hetero) is 1. The van der Waals surface area contributed by atoms with Crippen molar-refractivity contribution in [1.82, 2.24) is 19.3 Å². The largest absolute Gasteiger partial charge is 0.486 e. The molecule has 3 aromatic rings. The first-order valence-electron chi connectivity index (χ1n) is 9.65. The maximum absolute atomic E-state index is 13.0. The molecule has 30 heavy (non-hydrogen) atoms. The van der Waals surface area contributed by atoms with Crippen molar-refractivity contribution in [3.05, 3.63) is 64.1 Å². The van der Waals surface area contributed by atoms with Gasteiger partial charge in [0.25, 0.3) is 5.91 Å². The van der Waals surface area contributed by atoms with Gasteiger partial charge in [-0.2, -0.15) is 0 Å². The van der Waals surface area contributed by atoms with Crippen LogP contribution in [0.1, 0.15) is 35.8 Å². The fourth-order valence-corrected chi connectivity index (χ4v) is 2.88. The van der Waals surface area contributed by atoms with E-state index in [1.54, 1.807) is 24.0 Å². The van der Waals surface area contributed by atoms with Crippen LogP contribution in [0.2, 0.25) is 0 Å². The molecule has 8 nitrogen and oxygen atoms in total. The van der Waals surface area contributed by atoms with Gasteiger partial charge in [-0.3, -0.25) is 14.4 Å². The van der Waals surface area contributed by atoms with Gasteiger partial charge in [-0.15, -0.1) is 0 Å². The Kier molecular flexibility index (Phi) is 6.61. The molecule has 2 aromatic heterocycles. The van der Waals surface area contributed by atoms with E-state index in [2.05, 4.69) is 10.3 Å². The van der Waals surface area contributed by atoms with Gasteiger partial charge in [0.15, 0.2) is 11.5 Å². The van der Waals surface area contributed by atoms with Crippen LogP contribution in [-0.4, -0.2) is 38.8 Å². The van der Waals surface area contributed by atoms with Gasteiger partial charge in [-0.05, 0) is 24.1 Å². The number of aryl methyl sites for hydroxylation is 1. The number of ketones is 1. The lowest BCUT2D eigenvalue weighted by Crippen LogP contribution is -2.33. The minimum absolute atomic E-state index is 0.0490. The lowest BCUT2D eigenvalue weighted by molar-refractivity contribution is -0.117. The topological polar surface area (TPSA) is 94.7 Å². The van der Waals surface area contributed by atoms with Gasteiger partial charge in [0, 0.05) is 25.9 Å². The van der Waals surface area contributed by atoms with Crippen LogP contribution in [-0.2, 0) is 18.3 Å². The molecule has 0 saturated carbocycles. The summed E-state index contributed by atoms with van der Waals surface area (Å²) in [5.41, 5.74) is -0.00665. The number of halogens is 1. The number of nitrogens with zero attached hydrogens (tertiary/aromatic N) is 3. The van der Waals surface area contributed by atoms with Gasteiger partial charge in [0.2, 0.25) is 11.5 Å². The number of unbranched alkanes of at least 4 members (excludes halogenated alkanes) is 1. The van der Waals surface area contributed by atoms with E-state index in [-0.39, 0.29) is 48.4 Å². The number of rotatable bonds is 9. The van der Waals surface area contributed by atoms with Crippen LogP contribution >= 0.6 is 0 Å². The summed E-state index contributed by atoms with van der Waals surface area (Å²) in [6.45, 7) is 2.00. The molecule has 1 aromatic carbocycles. The molecule has 2 heterocycles. The molecule has 9 heteroatoms. The smallest absolute Gasteiger partial charge is 0.302 e. The maximum atomic E-state index is 13.0. The maximum Gasteiger partial charge on any atom is 0.302 e. The second-order valence-corrected chi connectivity index (χ2v) is 6.90. The average molecular weight is 414 g/mol. The van der Waals surface area contributed by atoms with Crippen LogP contribution in [0.4, 0.5) is 4.39 Å². The van der Waals surface area contributed by atoms with E-state index in [1.807, 2.05) is 6.92 Å². The number of benzene rings is 1. The van der Waals surface area contributed by atoms with Gasteiger partial charge in [0.05, 0.1) is 13.2 Å². The molecule has 1 N–H and O–H groups in total. The van der Waals surface area contributed by atoms with Crippen molar-refractivity contribution >= 4 is 17.5 Å². The number of nitrogens with one attached hydrogen (secondary N) is 1. The summed E-state index contributed by atoms with van der Waals surface area (Å²) in [5, 5.41) is 2.50. The highest BCUT2D eigenvalue weighted by Crippen LogP contribution is 2.14. The SMILES string of the molecule is CCCCOc1c(C(=O)NCC(=O)Cc2ccc(F)cc2)nc2n(C)ccn2c1=O. The monoisotopic (exact) mass is 414 g/mol. The Morgan fingerprint density at radius 3 is 2.63 bits per heavy atom. The van der Waals surface area contributed by atoms with Crippen LogP contribution in [0.15, 0.2) is 41.5 Å².